The lowest BCUT2D eigenvalue weighted by Crippen LogP contribution is -2.53. The van der Waals surface area contributed by atoms with Crippen LogP contribution in [0.5, 0.6) is 0 Å². The second-order valence-corrected chi connectivity index (χ2v) is 10.3. The van der Waals surface area contributed by atoms with Crippen LogP contribution in [-0.4, -0.2) is 72.8 Å². The SMILES string of the molecule is CN1CC(Cl)c2ccc(CN(C(=O)C3CN(C(=O)OC(C)(C)C)CCO3)C3CC3)cc21. The molecule has 1 aliphatic carbocycles. The summed E-state index contributed by atoms with van der Waals surface area (Å²) in [6.45, 7) is 7.81. The molecule has 0 bridgehead atoms. The van der Waals surface area contributed by atoms with E-state index in [1.165, 1.54) is 0 Å². The van der Waals surface area contributed by atoms with E-state index in [1.807, 2.05) is 32.7 Å². The Kier molecular flexibility index (Phi) is 6.10. The van der Waals surface area contributed by atoms with Crippen LogP contribution in [-0.2, 0) is 20.8 Å². The van der Waals surface area contributed by atoms with E-state index in [-0.39, 0.29) is 23.9 Å². The van der Waals surface area contributed by atoms with Crippen molar-refractivity contribution < 1.29 is 19.1 Å². The number of alkyl halides is 1. The summed E-state index contributed by atoms with van der Waals surface area (Å²) in [5.74, 6) is -0.0557. The maximum Gasteiger partial charge on any atom is 0.410 e. The Morgan fingerprint density at radius 2 is 2.00 bits per heavy atom. The van der Waals surface area contributed by atoms with Crippen LogP contribution in [0, 0.1) is 0 Å². The summed E-state index contributed by atoms with van der Waals surface area (Å²) in [5.41, 5.74) is 2.78. The predicted octanol–water partition coefficient (Wildman–Crippen LogP) is 3.54. The van der Waals surface area contributed by atoms with Gasteiger partial charge >= 0.3 is 6.09 Å². The zero-order chi connectivity index (χ0) is 22.3. The Labute approximate surface area is 189 Å². The largest absolute Gasteiger partial charge is 0.444 e. The van der Waals surface area contributed by atoms with Gasteiger partial charge in [-0.3, -0.25) is 4.79 Å². The molecule has 0 spiro atoms. The van der Waals surface area contributed by atoms with E-state index >= 15 is 0 Å². The first-order chi connectivity index (χ1) is 14.6. The van der Waals surface area contributed by atoms with Gasteiger partial charge in [0, 0.05) is 38.4 Å². The maximum absolute atomic E-state index is 13.4. The smallest absolute Gasteiger partial charge is 0.410 e. The molecule has 4 rings (SSSR count). The Bertz CT molecular complexity index is 852. The molecule has 1 aromatic carbocycles. The van der Waals surface area contributed by atoms with Gasteiger partial charge in [0.2, 0.25) is 0 Å². The lowest BCUT2D eigenvalue weighted by atomic mass is 10.1. The van der Waals surface area contributed by atoms with Gasteiger partial charge in [-0.05, 0) is 50.8 Å². The molecule has 0 radical (unpaired) electrons. The van der Waals surface area contributed by atoms with Crippen molar-refractivity contribution in [2.45, 2.75) is 63.3 Å². The van der Waals surface area contributed by atoms with E-state index in [9.17, 15) is 9.59 Å². The molecule has 7 nitrogen and oxygen atoms in total. The summed E-state index contributed by atoms with van der Waals surface area (Å²) in [7, 11) is 2.04. The second kappa shape index (κ2) is 8.51. The van der Waals surface area contributed by atoms with Gasteiger partial charge in [-0.2, -0.15) is 0 Å². The average Bonchev–Trinajstić information content (AvgIpc) is 3.51. The van der Waals surface area contributed by atoms with Crippen molar-refractivity contribution in [2.24, 2.45) is 0 Å². The molecule has 2 unspecified atom stereocenters. The maximum atomic E-state index is 13.4. The van der Waals surface area contributed by atoms with Crippen LogP contribution in [0.25, 0.3) is 0 Å². The van der Waals surface area contributed by atoms with Gasteiger partial charge in [-0.25, -0.2) is 4.79 Å². The standard InChI is InChI=1S/C23H32ClN3O4/c1-23(2,3)31-22(29)26-9-10-30-20(14-26)21(28)27(16-6-7-16)12-15-5-8-17-18(24)13-25(4)19(17)11-15/h5,8,11,16,18,20H,6-7,9-10,12-14H2,1-4H3. The summed E-state index contributed by atoms with van der Waals surface area (Å²) >= 11 is 6.42. The van der Waals surface area contributed by atoms with E-state index in [0.717, 1.165) is 36.2 Å². The van der Waals surface area contributed by atoms with Gasteiger partial charge in [0.25, 0.3) is 5.91 Å². The topological polar surface area (TPSA) is 62.3 Å². The van der Waals surface area contributed by atoms with Gasteiger partial charge in [-0.1, -0.05) is 12.1 Å². The number of hydrogen-bond acceptors (Lipinski definition) is 5. The van der Waals surface area contributed by atoms with Gasteiger partial charge in [-0.15, -0.1) is 11.6 Å². The third kappa shape index (κ3) is 5.09. The highest BCUT2D eigenvalue weighted by atomic mass is 35.5. The number of carbonyl (C=O) groups is 2. The summed E-state index contributed by atoms with van der Waals surface area (Å²) < 4.78 is 11.3. The molecule has 1 saturated heterocycles. The quantitative estimate of drug-likeness (QED) is 0.658. The van der Waals surface area contributed by atoms with E-state index in [0.29, 0.717) is 19.7 Å². The molecule has 2 aliphatic heterocycles. The molecule has 0 aromatic heterocycles. The van der Waals surface area contributed by atoms with E-state index in [2.05, 4.69) is 23.1 Å². The number of halogens is 1. The molecule has 0 N–H and O–H groups in total. The van der Waals surface area contributed by atoms with Crippen molar-refractivity contribution in [2.75, 3.05) is 38.2 Å². The highest BCUT2D eigenvalue weighted by Crippen LogP contribution is 2.39. The zero-order valence-corrected chi connectivity index (χ0v) is 19.5. The number of morpholine rings is 1. The molecule has 170 valence electrons. The van der Waals surface area contributed by atoms with Crippen LogP contribution in [0.3, 0.4) is 0 Å². The zero-order valence-electron chi connectivity index (χ0n) is 18.8. The normalized spacial score (nSPS) is 23.5. The second-order valence-electron chi connectivity index (χ2n) is 9.72. The Morgan fingerprint density at radius 3 is 2.68 bits per heavy atom. The number of carbonyl (C=O) groups excluding carboxylic acids is 2. The van der Waals surface area contributed by atoms with Gasteiger partial charge in [0.15, 0.2) is 6.10 Å². The molecule has 1 saturated carbocycles. The summed E-state index contributed by atoms with van der Waals surface area (Å²) in [6.07, 6.45) is 0.945. The fraction of sp³-hybridized carbons (Fsp3) is 0.652. The summed E-state index contributed by atoms with van der Waals surface area (Å²) in [4.78, 5) is 31.5. The molecular formula is C23H32ClN3O4. The minimum Gasteiger partial charge on any atom is -0.444 e. The van der Waals surface area contributed by atoms with Crippen LogP contribution in [0.2, 0.25) is 0 Å². The molecule has 2 amide bonds. The fourth-order valence-electron chi connectivity index (χ4n) is 4.17. The van der Waals surface area contributed by atoms with E-state index in [1.54, 1.807) is 4.90 Å². The number of fused-ring (bicyclic) bond motifs is 1. The lowest BCUT2D eigenvalue weighted by molar-refractivity contribution is -0.150. The first-order valence-corrected chi connectivity index (χ1v) is 11.4. The third-order valence-corrected chi connectivity index (χ3v) is 6.27. The van der Waals surface area contributed by atoms with Crippen molar-refractivity contribution in [3.8, 4) is 0 Å². The first kappa shape index (κ1) is 22.2. The van der Waals surface area contributed by atoms with Crippen molar-refractivity contribution in [3.63, 3.8) is 0 Å². The third-order valence-electron chi connectivity index (χ3n) is 5.89. The van der Waals surface area contributed by atoms with Crippen molar-refractivity contribution in [1.29, 1.82) is 0 Å². The van der Waals surface area contributed by atoms with Gasteiger partial charge < -0.3 is 24.2 Å². The number of anilines is 1. The van der Waals surface area contributed by atoms with Crippen LogP contribution in [0.1, 0.15) is 50.1 Å². The molecule has 2 heterocycles. The number of benzene rings is 1. The monoisotopic (exact) mass is 449 g/mol. The number of amides is 2. The molecular weight excluding hydrogens is 418 g/mol. The summed E-state index contributed by atoms with van der Waals surface area (Å²) in [5, 5.41) is 0.00435. The minimum atomic E-state index is -0.661. The molecule has 31 heavy (non-hydrogen) atoms. The molecule has 8 heteroatoms. The first-order valence-electron chi connectivity index (χ1n) is 11.0. The molecule has 1 aromatic rings. The number of nitrogens with zero attached hydrogens (tertiary/aromatic N) is 3. The number of rotatable bonds is 4. The van der Waals surface area contributed by atoms with Crippen LogP contribution >= 0.6 is 11.6 Å². The molecule has 2 fully saturated rings. The minimum absolute atomic E-state index is 0.00435. The molecule has 2 atom stereocenters. The Morgan fingerprint density at radius 1 is 1.26 bits per heavy atom. The highest BCUT2D eigenvalue weighted by molar-refractivity contribution is 6.22. The van der Waals surface area contributed by atoms with Crippen molar-refractivity contribution >= 4 is 29.3 Å². The number of ether oxygens (including phenoxy) is 2. The van der Waals surface area contributed by atoms with Crippen LogP contribution in [0.4, 0.5) is 10.5 Å². The van der Waals surface area contributed by atoms with Gasteiger partial charge in [0.05, 0.1) is 18.5 Å². The van der Waals surface area contributed by atoms with E-state index in [4.69, 9.17) is 21.1 Å². The fourth-order valence-corrected chi connectivity index (χ4v) is 4.56. The molecule has 3 aliphatic rings. The van der Waals surface area contributed by atoms with Gasteiger partial charge in [0.1, 0.15) is 5.60 Å². The Balaban J connectivity index is 1.45. The highest BCUT2D eigenvalue weighted by Gasteiger charge is 2.39. The van der Waals surface area contributed by atoms with Crippen LogP contribution in [0.15, 0.2) is 18.2 Å². The Hall–Kier alpha value is -1.99. The van der Waals surface area contributed by atoms with E-state index < -0.39 is 17.8 Å². The number of hydrogen-bond donors (Lipinski definition) is 0. The average molecular weight is 450 g/mol. The lowest BCUT2D eigenvalue weighted by Gasteiger charge is -2.36. The number of likely N-dealkylation sites (N-methyl/N-ethyl adjacent to an activating group) is 1. The summed E-state index contributed by atoms with van der Waals surface area (Å²) in [6, 6.07) is 6.50. The predicted molar refractivity (Wildman–Crippen MR) is 119 cm³/mol. The van der Waals surface area contributed by atoms with Crippen molar-refractivity contribution in [1.82, 2.24) is 9.80 Å². The van der Waals surface area contributed by atoms with Crippen molar-refractivity contribution in [3.05, 3.63) is 29.3 Å². The van der Waals surface area contributed by atoms with Crippen LogP contribution < -0.4 is 4.90 Å².